The number of amides is 1. The minimum absolute atomic E-state index is 0.0120. The lowest BCUT2D eigenvalue weighted by Crippen LogP contribution is -2.13. The molecule has 1 saturated carbocycles. The molecule has 0 unspecified atom stereocenters. The molecule has 4 aromatic rings. The van der Waals surface area contributed by atoms with E-state index in [9.17, 15) is 13.2 Å². The number of carbonyl (C=O) groups excluding carboxylic acids is 1. The van der Waals surface area contributed by atoms with Crippen LogP contribution in [0, 0.1) is 5.92 Å². The smallest absolute Gasteiger partial charge is 0.261 e. The fourth-order valence-corrected chi connectivity index (χ4v) is 5.37. The summed E-state index contributed by atoms with van der Waals surface area (Å²) in [6, 6.07) is 18.3. The van der Waals surface area contributed by atoms with Crippen molar-refractivity contribution in [2.75, 3.05) is 17.1 Å². The van der Waals surface area contributed by atoms with Gasteiger partial charge in [0, 0.05) is 23.2 Å². The normalized spacial score (nSPS) is 13.2. The predicted molar refractivity (Wildman–Crippen MR) is 143 cm³/mol. The van der Waals surface area contributed by atoms with Crippen molar-refractivity contribution < 1.29 is 22.5 Å². The van der Waals surface area contributed by atoms with Gasteiger partial charge < -0.3 is 14.6 Å². The number of sulfonamides is 1. The number of benzene rings is 3. The number of hydrogen-bond donors (Lipinski definition) is 2. The molecule has 5 rings (SSSR count). The molecule has 1 heterocycles. The molecular formula is C26H23BrN4O5S. The van der Waals surface area contributed by atoms with E-state index in [1.54, 1.807) is 48.5 Å². The zero-order valence-electron chi connectivity index (χ0n) is 19.8. The van der Waals surface area contributed by atoms with Crippen LogP contribution in [0.4, 0.5) is 11.4 Å². The average molecular weight is 583 g/mol. The zero-order chi connectivity index (χ0) is 26.0. The number of anilines is 2. The largest absolute Gasteiger partial charge is 0.496 e. The van der Waals surface area contributed by atoms with Crippen LogP contribution in [0.25, 0.3) is 22.8 Å². The molecule has 2 N–H and O–H groups in total. The van der Waals surface area contributed by atoms with Crippen molar-refractivity contribution in [3.63, 3.8) is 0 Å². The lowest BCUT2D eigenvalue weighted by atomic mass is 10.2. The van der Waals surface area contributed by atoms with Crippen molar-refractivity contribution in [3.8, 4) is 28.6 Å². The summed E-state index contributed by atoms with van der Waals surface area (Å²) in [4.78, 5) is 16.6. The van der Waals surface area contributed by atoms with Gasteiger partial charge in [0.15, 0.2) is 0 Å². The first-order chi connectivity index (χ1) is 17.8. The quantitative estimate of drug-likeness (QED) is 0.259. The van der Waals surface area contributed by atoms with E-state index in [0.717, 1.165) is 12.8 Å². The molecule has 0 spiro atoms. The lowest BCUT2D eigenvalue weighted by molar-refractivity contribution is -0.116. The Morgan fingerprint density at radius 3 is 2.59 bits per heavy atom. The zero-order valence-corrected chi connectivity index (χ0v) is 22.2. The van der Waals surface area contributed by atoms with Gasteiger partial charge in [-0.2, -0.15) is 4.98 Å². The Bertz CT molecular complexity index is 1570. The monoisotopic (exact) mass is 582 g/mol. The minimum Gasteiger partial charge on any atom is -0.496 e. The van der Waals surface area contributed by atoms with Gasteiger partial charge >= 0.3 is 0 Å². The van der Waals surface area contributed by atoms with Gasteiger partial charge in [-0.1, -0.05) is 23.4 Å². The Morgan fingerprint density at radius 1 is 1.05 bits per heavy atom. The molecule has 11 heteroatoms. The van der Waals surface area contributed by atoms with E-state index in [1.807, 2.05) is 6.07 Å². The summed E-state index contributed by atoms with van der Waals surface area (Å²) in [5, 5.41) is 6.95. The molecule has 1 amide bonds. The standard InChI is InChI=1S/C26H23BrN4O5S/c1-35-23-11-10-20(15-22(23)27)31-37(33,34)21-7-3-5-18(14-21)26-29-25(30-36-26)17-4-2-6-19(13-17)28-24(32)12-16-8-9-16/h2-7,10-11,13-16,31H,8-9,12H2,1H3,(H,28,32). The highest BCUT2D eigenvalue weighted by Crippen LogP contribution is 2.33. The number of aromatic nitrogens is 2. The molecule has 1 fully saturated rings. The number of nitrogens with zero attached hydrogens (tertiary/aromatic N) is 2. The predicted octanol–water partition coefficient (Wildman–Crippen LogP) is 5.71. The Balaban J connectivity index is 1.34. The maximum atomic E-state index is 13.0. The molecule has 1 aliphatic rings. The molecule has 0 saturated heterocycles. The second kappa shape index (κ2) is 10.3. The van der Waals surface area contributed by atoms with Crippen LogP contribution in [0.3, 0.4) is 0 Å². The summed E-state index contributed by atoms with van der Waals surface area (Å²) in [5.74, 6) is 1.56. The van der Waals surface area contributed by atoms with Gasteiger partial charge in [0.05, 0.1) is 22.2 Å². The Hall–Kier alpha value is -3.70. The van der Waals surface area contributed by atoms with Crippen LogP contribution in [0.15, 0.2) is 80.6 Å². The van der Waals surface area contributed by atoms with Crippen molar-refractivity contribution in [2.24, 2.45) is 5.92 Å². The maximum absolute atomic E-state index is 13.0. The van der Waals surface area contributed by atoms with Crippen molar-refractivity contribution in [3.05, 3.63) is 71.2 Å². The van der Waals surface area contributed by atoms with E-state index >= 15 is 0 Å². The summed E-state index contributed by atoms with van der Waals surface area (Å²) in [6.45, 7) is 0. The molecule has 9 nitrogen and oxygen atoms in total. The Kier molecular flexibility index (Phi) is 6.98. The fourth-order valence-electron chi connectivity index (χ4n) is 3.73. The van der Waals surface area contributed by atoms with Crippen molar-refractivity contribution in [1.82, 2.24) is 10.1 Å². The van der Waals surface area contributed by atoms with Crippen molar-refractivity contribution in [2.45, 2.75) is 24.2 Å². The molecule has 1 aliphatic carbocycles. The third-order valence-electron chi connectivity index (χ3n) is 5.80. The number of rotatable bonds is 9. The highest BCUT2D eigenvalue weighted by molar-refractivity contribution is 9.10. The molecular weight excluding hydrogens is 560 g/mol. The number of carbonyl (C=O) groups is 1. The summed E-state index contributed by atoms with van der Waals surface area (Å²) < 4.78 is 39.8. The Labute approximate surface area is 222 Å². The highest BCUT2D eigenvalue weighted by Gasteiger charge is 2.24. The molecule has 1 aromatic heterocycles. The molecule has 0 aliphatic heterocycles. The van der Waals surface area contributed by atoms with Crippen molar-refractivity contribution >= 4 is 43.2 Å². The van der Waals surface area contributed by atoms with Gasteiger partial charge in [-0.15, -0.1) is 0 Å². The third-order valence-corrected chi connectivity index (χ3v) is 7.80. The number of nitrogens with one attached hydrogen (secondary N) is 2. The van der Waals surface area contributed by atoms with E-state index in [1.165, 1.54) is 19.2 Å². The molecule has 0 atom stereocenters. The first-order valence-electron chi connectivity index (χ1n) is 11.5. The van der Waals surface area contributed by atoms with Crippen LogP contribution in [0.1, 0.15) is 19.3 Å². The first kappa shape index (κ1) is 25.0. The molecule has 3 aromatic carbocycles. The number of halogens is 1. The molecule has 0 radical (unpaired) electrons. The van der Waals surface area contributed by atoms with Crippen LogP contribution >= 0.6 is 15.9 Å². The highest BCUT2D eigenvalue weighted by atomic mass is 79.9. The minimum atomic E-state index is -3.89. The second-order valence-electron chi connectivity index (χ2n) is 8.68. The van der Waals surface area contributed by atoms with Crippen LogP contribution in [-0.4, -0.2) is 31.6 Å². The van der Waals surface area contributed by atoms with Gasteiger partial charge in [0.2, 0.25) is 11.7 Å². The van der Waals surface area contributed by atoms with Gasteiger partial charge in [-0.25, -0.2) is 8.42 Å². The number of ether oxygens (including phenoxy) is 1. The second-order valence-corrected chi connectivity index (χ2v) is 11.2. The van der Waals surface area contributed by atoms with E-state index in [0.29, 0.717) is 50.9 Å². The van der Waals surface area contributed by atoms with Gasteiger partial charge in [-0.3, -0.25) is 9.52 Å². The summed E-state index contributed by atoms with van der Waals surface area (Å²) in [5.41, 5.74) is 2.14. The van der Waals surface area contributed by atoms with E-state index in [2.05, 4.69) is 36.1 Å². The average Bonchev–Trinajstić information content (AvgIpc) is 3.54. The summed E-state index contributed by atoms with van der Waals surface area (Å²) >= 11 is 3.35. The van der Waals surface area contributed by atoms with Crippen LogP contribution < -0.4 is 14.8 Å². The lowest BCUT2D eigenvalue weighted by Gasteiger charge is -2.10. The SMILES string of the molecule is COc1ccc(NS(=O)(=O)c2cccc(-c3nc(-c4cccc(NC(=O)CC5CC5)c4)no3)c2)cc1Br. The summed E-state index contributed by atoms with van der Waals surface area (Å²) in [7, 11) is -2.36. The number of hydrogen-bond acceptors (Lipinski definition) is 7. The van der Waals surface area contributed by atoms with Crippen LogP contribution in [0.5, 0.6) is 5.75 Å². The van der Waals surface area contributed by atoms with Crippen LogP contribution in [-0.2, 0) is 14.8 Å². The first-order valence-corrected chi connectivity index (χ1v) is 13.8. The third kappa shape index (κ3) is 6.00. The fraction of sp³-hybridized carbons (Fsp3) is 0.192. The number of methoxy groups -OCH3 is 1. The molecule has 190 valence electrons. The van der Waals surface area contributed by atoms with E-state index in [-0.39, 0.29) is 16.7 Å². The topological polar surface area (TPSA) is 123 Å². The molecule has 0 bridgehead atoms. The van der Waals surface area contributed by atoms with Crippen molar-refractivity contribution in [1.29, 1.82) is 0 Å². The van der Waals surface area contributed by atoms with E-state index in [4.69, 9.17) is 9.26 Å². The summed E-state index contributed by atoms with van der Waals surface area (Å²) in [6.07, 6.45) is 2.74. The van der Waals surface area contributed by atoms with E-state index < -0.39 is 10.0 Å². The Morgan fingerprint density at radius 2 is 1.84 bits per heavy atom. The van der Waals surface area contributed by atoms with Gasteiger partial charge in [-0.05, 0) is 83.2 Å². The van der Waals surface area contributed by atoms with Gasteiger partial charge in [0.1, 0.15) is 5.75 Å². The molecule has 37 heavy (non-hydrogen) atoms. The van der Waals surface area contributed by atoms with Gasteiger partial charge in [0.25, 0.3) is 15.9 Å². The van der Waals surface area contributed by atoms with Crippen LogP contribution in [0.2, 0.25) is 0 Å². The maximum Gasteiger partial charge on any atom is 0.261 e.